The minimum atomic E-state index is -0.545. The fraction of sp³-hybridized carbons (Fsp3) is 0.714. The first kappa shape index (κ1) is 16.8. The Morgan fingerprint density at radius 1 is 1.35 bits per heavy atom. The first-order valence-corrected chi connectivity index (χ1v) is 7.09. The van der Waals surface area contributed by atoms with E-state index in [1.165, 1.54) is 4.90 Å². The second-order valence-corrected chi connectivity index (χ2v) is 6.99. The van der Waals surface area contributed by atoms with Gasteiger partial charge in [-0.15, -0.1) is 0 Å². The van der Waals surface area contributed by atoms with Gasteiger partial charge in [0.25, 0.3) is 0 Å². The van der Waals surface area contributed by atoms with Gasteiger partial charge in [-0.1, -0.05) is 11.6 Å². The van der Waals surface area contributed by atoms with Crippen molar-refractivity contribution in [2.24, 2.45) is 0 Å². The normalized spacial score (nSPS) is 12.4. The Morgan fingerprint density at radius 2 is 1.90 bits per heavy atom. The molecule has 0 aliphatic heterocycles. The third kappa shape index (κ3) is 3.88. The van der Waals surface area contributed by atoms with E-state index >= 15 is 0 Å². The molecule has 0 spiro atoms. The number of carbonyl (C=O) groups excluding carboxylic acids is 1. The van der Waals surface area contributed by atoms with Crippen LogP contribution in [0.25, 0.3) is 0 Å². The maximum absolute atomic E-state index is 12.2. The van der Waals surface area contributed by atoms with Crippen LogP contribution in [0.3, 0.4) is 0 Å². The van der Waals surface area contributed by atoms with Gasteiger partial charge in [0, 0.05) is 6.54 Å². The highest BCUT2D eigenvalue weighted by molar-refractivity contribution is 6.32. The summed E-state index contributed by atoms with van der Waals surface area (Å²) >= 11 is 6.35. The van der Waals surface area contributed by atoms with E-state index < -0.39 is 11.7 Å². The molecule has 114 valence electrons. The average molecular weight is 302 g/mol. The third-order valence-electron chi connectivity index (χ3n) is 2.55. The Labute approximate surface area is 125 Å². The molecule has 0 aliphatic rings. The minimum absolute atomic E-state index is 0.247. The summed E-state index contributed by atoms with van der Waals surface area (Å²) in [6.07, 6.45) is 1.18. The highest BCUT2D eigenvalue weighted by Crippen LogP contribution is 2.30. The minimum Gasteiger partial charge on any atom is -0.443 e. The van der Waals surface area contributed by atoms with Crippen molar-refractivity contribution in [3.05, 3.63) is 11.3 Å². The molecule has 6 heteroatoms. The predicted octanol–water partition coefficient (Wildman–Crippen LogP) is 4.05. The largest absolute Gasteiger partial charge is 0.443 e. The van der Waals surface area contributed by atoms with Gasteiger partial charge in [0.2, 0.25) is 0 Å². The lowest BCUT2D eigenvalue weighted by Gasteiger charge is -2.26. The highest BCUT2D eigenvalue weighted by atomic mass is 35.5. The number of hydrogen-bond donors (Lipinski definition) is 0. The van der Waals surface area contributed by atoms with Crippen LogP contribution in [0, 0.1) is 0 Å². The summed E-state index contributed by atoms with van der Waals surface area (Å²) in [4.78, 5) is 13.7. The summed E-state index contributed by atoms with van der Waals surface area (Å²) in [6.45, 7) is 13.8. The lowest BCUT2D eigenvalue weighted by molar-refractivity contribution is 0.0582. The fourth-order valence-corrected chi connectivity index (χ4v) is 2.14. The fourth-order valence-electron chi connectivity index (χ4n) is 1.69. The van der Waals surface area contributed by atoms with Crippen molar-refractivity contribution in [1.29, 1.82) is 0 Å². The number of ether oxygens (including phenoxy) is 1. The second kappa shape index (κ2) is 5.64. The first-order chi connectivity index (χ1) is 8.97. The summed E-state index contributed by atoms with van der Waals surface area (Å²) in [6, 6.07) is 0. The van der Waals surface area contributed by atoms with Crippen molar-refractivity contribution in [3.63, 3.8) is 0 Å². The van der Waals surface area contributed by atoms with Crippen LogP contribution < -0.4 is 4.90 Å². The number of rotatable bonds is 2. The maximum Gasteiger partial charge on any atom is 0.414 e. The molecule has 1 heterocycles. The molecule has 5 nitrogen and oxygen atoms in total. The van der Waals surface area contributed by atoms with Gasteiger partial charge >= 0.3 is 6.09 Å². The first-order valence-electron chi connectivity index (χ1n) is 6.72. The van der Waals surface area contributed by atoms with Crippen LogP contribution in [0.15, 0.2) is 6.20 Å². The van der Waals surface area contributed by atoms with Gasteiger partial charge in [0.05, 0.1) is 11.7 Å². The van der Waals surface area contributed by atoms with Crippen LogP contribution in [0.2, 0.25) is 5.15 Å². The zero-order valence-corrected chi connectivity index (χ0v) is 14.1. The number of carbonyl (C=O) groups is 1. The van der Waals surface area contributed by atoms with Crippen LogP contribution >= 0.6 is 11.6 Å². The summed E-state index contributed by atoms with van der Waals surface area (Å²) in [5.41, 5.74) is -0.224. The second-order valence-electron chi connectivity index (χ2n) is 6.63. The Morgan fingerprint density at radius 3 is 2.25 bits per heavy atom. The van der Waals surface area contributed by atoms with Gasteiger partial charge in [-0.05, 0) is 48.5 Å². The van der Waals surface area contributed by atoms with E-state index in [0.717, 1.165) is 0 Å². The van der Waals surface area contributed by atoms with Crippen LogP contribution in [-0.4, -0.2) is 28.0 Å². The molecule has 1 amide bonds. The Hall–Kier alpha value is -1.23. The molecule has 1 aromatic heterocycles. The van der Waals surface area contributed by atoms with Crippen LogP contribution in [0.5, 0.6) is 0 Å². The standard InChI is InChI=1S/C14H24ClN3O2/c1-8-17(12(19)20-14(5,6)7)10-9-16-18(11(10)15)13(2,3)4/h9H,8H2,1-7H3. The zero-order valence-electron chi connectivity index (χ0n) is 13.3. The highest BCUT2D eigenvalue weighted by Gasteiger charge is 2.28. The number of aromatic nitrogens is 2. The summed E-state index contributed by atoms with van der Waals surface area (Å²) < 4.78 is 7.08. The van der Waals surface area contributed by atoms with Crippen LogP contribution in [0.4, 0.5) is 10.5 Å². The molecule has 0 fully saturated rings. The van der Waals surface area contributed by atoms with E-state index in [2.05, 4.69) is 5.10 Å². The number of halogens is 1. The van der Waals surface area contributed by atoms with Crippen LogP contribution in [0.1, 0.15) is 48.5 Å². The summed E-state index contributed by atoms with van der Waals surface area (Å²) in [7, 11) is 0. The van der Waals surface area contributed by atoms with E-state index in [1.54, 1.807) is 10.9 Å². The molecule has 0 N–H and O–H groups in total. The number of nitrogens with zero attached hydrogens (tertiary/aromatic N) is 3. The quantitative estimate of drug-likeness (QED) is 0.828. The van der Waals surface area contributed by atoms with E-state index in [1.807, 2.05) is 48.5 Å². The molecule has 1 rings (SSSR count). The number of hydrogen-bond acceptors (Lipinski definition) is 3. The molecule has 0 atom stereocenters. The maximum atomic E-state index is 12.2. The van der Waals surface area contributed by atoms with Gasteiger partial charge in [-0.2, -0.15) is 5.10 Å². The molecule has 0 bridgehead atoms. The Balaban J connectivity index is 3.09. The topological polar surface area (TPSA) is 47.4 Å². The molecule has 0 radical (unpaired) electrons. The number of amides is 1. The third-order valence-corrected chi connectivity index (χ3v) is 2.90. The zero-order chi connectivity index (χ0) is 15.7. The number of anilines is 1. The molecule has 0 unspecified atom stereocenters. The molecule has 1 aromatic rings. The molecule has 0 aromatic carbocycles. The molecule has 0 aliphatic carbocycles. The lowest BCUT2D eigenvalue weighted by Crippen LogP contribution is -2.36. The van der Waals surface area contributed by atoms with Crippen molar-refractivity contribution >= 4 is 23.4 Å². The van der Waals surface area contributed by atoms with Gasteiger partial charge in [0.1, 0.15) is 11.3 Å². The van der Waals surface area contributed by atoms with Crippen molar-refractivity contribution in [3.8, 4) is 0 Å². The van der Waals surface area contributed by atoms with E-state index in [-0.39, 0.29) is 5.54 Å². The Bertz CT molecular complexity index is 484. The van der Waals surface area contributed by atoms with Gasteiger partial charge in [0.15, 0.2) is 5.15 Å². The van der Waals surface area contributed by atoms with Gasteiger partial charge in [-0.25, -0.2) is 9.48 Å². The van der Waals surface area contributed by atoms with Crippen molar-refractivity contribution < 1.29 is 9.53 Å². The molecular formula is C14H24ClN3O2. The molecule has 0 saturated heterocycles. The van der Waals surface area contributed by atoms with Gasteiger partial charge < -0.3 is 4.74 Å². The lowest BCUT2D eigenvalue weighted by atomic mass is 10.1. The average Bonchev–Trinajstić information content (AvgIpc) is 2.58. The van der Waals surface area contributed by atoms with E-state index in [4.69, 9.17) is 16.3 Å². The van der Waals surface area contributed by atoms with Crippen molar-refractivity contribution in [2.75, 3.05) is 11.4 Å². The smallest absolute Gasteiger partial charge is 0.414 e. The molecule has 0 saturated carbocycles. The van der Waals surface area contributed by atoms with E-state index in [9.17, 15) is 4.79 Å². The molecule has 20 heavy (non-hydrogen) atoms. The summed E-state index contributed by atoms with van der Waals surface area (Å²) in [5, 5.41) is 4.71. The predicted molar refractivity (Wildman–Crippen MR) is 81.5 cm³/mol. The SMILES string of the molecule is CCN(C(=O)OC(C)(C)C)c1cnn(C(C)(C)C)c1Cl. The van der Waals surface area contributed by atoms with E-state index in [0.29, 0.717) is 17.4 Å². The Kier molecular flexibility index (Phi) is 4.74. The summed E-state index contributed by atoms with van der Waals surface area (Å²) in [5.74, 6) is 0. The van der Waals surface area contributed by atoms with Crippen LogP contribution in [-0.2, 0) is 10.3 Å². The van der Waals surface area contributed by atoms with Crippen molar-refractivity contribution in [2.45, 2.75) is 59.6 Å². The van der Waals surface area contributed by atoms with Crippen molar-refractivity contribution in [1.82, 2.24) is 9.78 Å². The van der Waals surface area contributed by atoms with Gasteiger partial charge in [-0.3, -0.25) is 4.90 Å². The molecular weight excluding hydrogens is 278 g/mol. The monoisotopic (exact) mass is 301 g/mol.